The number of carbonyl (C=O) groups excluding carboxylic acids is 2. The Morgan fingerprint density at radius 3 is 2.82 bits per heavy atom. The molecular weight excluding hydrogens is 284 g/mol. The van der Waals surface area contributed by atoms with Gasteiger partial charge in [-0.1, -0.05) is 0 Å². The van der Waals surface area contributed by atoms with Crippen LogP contribution in [0.4, 0.5) is 5.69 Å². The number of aliphatic hydroxyl groups is 1. The number of aryl methyl sites for hydroxylation is 2. The second-order valence-electron chi connectivity index (χ2n) is 5.12. The predicted octanol–water partition coefficient (Wildman–Crippen LogP) is 0.539. The molecule has 1 aromatic carbocycles. The molecule has 0 atom stereocenters. The molecule has 0 aliphatic carbocycles. The van der Waals surface area contributed by atoms with Crippen LogP contribution in [-0.4, -0.2) is 44.5 Å². The summed E-state index contributed by atoms with van der Waals surface area (Å²) in [5.41, 5.74) is 2.69. The number of β-amino-alcohol motifs (C(OH)–C–C–N with tert-alkyl or cyclic N) is 1. The molecule has 1 aliphatic heterocycles. The van der Waals surface area contributed by atoms with Crippen LogP contribution >= 0.6 is 0 Å². The van der Waals surface area contributed by atoms with Crippen molar-refractivity contribution in [3.05, 3.63) is 35.8 Å². The molecule has 1 aromatic heterocycles. The molecule has 2 amide bonds. The highest BCUT2D eigenvalue weighted by Crippen LogP contribution is 2.22. The molecule has 0 bridgehead atoms. The van der Waals surface area contributed by atoms with Crippen LogP contribution in [0.3, 0.4) is 0 Å². The molecule has 0 spiro atoms. The van der Waals surface area contributed by atoms with Gasteiger partial charge < -0.3 is 15.0 Å². The SMILES string of the molecule is Cc1nc2cc(NC3=CC(=O)N(CCO)C3=O)ccc2n1C. The Morgan fingerprint density at radius 2 is 2.09 bits per heavy atom. The van der Waals surface area contributed by atoms with Crippen molar-refractivity contribution in [1.29, 1.82) is 0 Å². The minimum Gasteiger partial charge on any atom is -0.395 e. The summed E-state index contributed by atoms with van der Waals surface area (Å²) in [7, 11) is 1.94. The molecule has 114 valence electrons. The number of nitrogens with zero attached hydrogens (tertiary/aromatic N) is 3. The van der Waals surface area contributed by atoms with Gasteiger partial charge in [0, 0.05) is 18.8 Å². The molecule has 7 nitrogen and oxygen atoms in total. The summed E-state index contributed by atoms with van der Waals surface area (Å²) < 4.78 is 1.98. The van der Waals surface area contributed by atoms with Gasteiger partial charge in [0.25, 0.3) is 11.8 Å². The maximum atomic E-state index is 12.1. The number of aromatic nitrogens is 2. The number of imide groups is 1. The van der Waals surface area contributed by atoms with E-state index in [4.69, 9.17) is 5.11 Å². The normalized spacial score (nSPS) is 14.9. The molecular formula is C15H16N4O3. The van der Waals surface area contributed by atoms with Gasteiger partial charge in [0.15, 0.2) is 0 Å². The van der Waals surface area contributed by atoms with E-state index in [0.29, 0.717) is 5.69 Å². The monoisotopic (exact) mass is 300 g/mol. The number of hydrogen-bond donors (Lipinski definition) is 2. The van der Waals surface area contributed by atoms with Gasteiger partial charge >= 0.3 is 0 Å². The van der Waals surface area contributed by atoms with Crippen LogP contribution < -0.4 is 5.32 Å². The van der Waals surface area contributed by atoms with E-state index in [9.17, 15) is 9.59 Å². The molecule has 7 heteroatoms. The lowest BCUT2D eigenvalue weighted by atomic mass is 10.2. The summed E-state index contributed by atoms with van der Waals surface area (Å²) in [5.74, 6) is 0.0419. The lowest BCUT2D eigenvalue weighted by molar-refractivity contribution is -0.137. The zero-order chi connectivity index (χ0) is 15.9. The van der Waals surface area contributed by atoms with Crippen LogP contribution in [0.2, 0.25) is 0 Å². The highest BCUT2D eigenvalue weighted by molar-refractivity contribution is 6.17. The highest BCUT2D eigenvalue weighted by Gasteiger charge is 2.30. The summed E-state index contributed by atoms with van der Waals surface area (Å²) >= 11 is 0. The van der Waals surface area contributed by atoms with E-state index in [-0.39, 0.29) is 18.8 Å². The first-order chi connectivity index (χ1) is 10.5. The molecule has 0 saturated carbocycles. The second kappa shape index (κ2) is 5.27. The van der Waals surface area contributed by atoms with Gasteiger partial charge in [-0.25, -0.2) is 4.98 Å². The Hall–Kier alpha value is -2.67. The van der Waals surface area contributed by atoms with E-state index in [2.05, 4.69) is 10.3 Å². The van der Waals surface area contributed by atoms with Gasteiger partial charge in [0.2, 0.25) is 0 Å². The average Bonchev–Trinajstić information content (AvgIpc) is 2.91. The van der Waals surface area contributed by atoms with E-state index in [1.807, 2.05) is 36.7 Å². The van der Waals surface area contributed by atoms with Crippen molar-refractivity contribution in [3.63, 3.8) is 0 Å². The first kappa shape index (κ1) is 14.3. The quantitative estimate of drug-likeness (QED) is 0.805. The average molecular weight is 300 g/mol. The van der Waals surface area contributed by atoms with Crippen LogP contribution in [0.15, 0.2) is 30.0 Å². The van der Waals surface area contributed by atoms with Crippen molar-refractivity contribution in [2.24, 2.45) is 7.05 Å². The molecule has 0 saturated heterocycles. The van der Waals surface area contributed by atoms with Gasteiger partial charge in [-0.2, -0.15) is 0 Å². The first-order valence-electron chi connectivity index (χ1n) is 6.89. The zero-order valence-electron chi connectivity index (χ0n) is 12.3. The third kappa shape index (κ3) is 2.25. The van der Waals surface area contributed by atoms with E-state index in [0.717, 1.165) is 21.8 Å². The van der Waals surface area contributed by atoms with E-state index >= 15 is 0 Å². The Balaban J connectivity index is 1.86. The Morgan fingerprint density at radius 1 is 1.32 bits per heavy atom. The molecule has 0 fully saturated rings. The van der Waals surface area contributed by atoms with E-state index < -0.39 is 11.8 Å². The summed E-state index contributed by atoms with van der Waals surface area (Å²) in [6.45, 7) is 1.66. The predicted molar refractivity (Wildman–Crippen MR) is 81.0 cm³/mol. The van der Waals surface area contributed by atoms with Crippen molar-refractivity contribution in [3.8, 4) is 0 Å². The first-order valence-corrected chi connectivity index (χ1v) is 6.89. The summed E-state index contributed by atoms with van der Waals surface area (Å²) in [4.78, 5) is 29.2. The number of aliphatic hydroxyl groups excluding tert-OH is 1. The van der Waals surface area contributed by atoms with Crippen molar-refractivity contribution in [2.45, 2.75) is 6.92 Å². The number of fused-ring (bicyclic) bond motifs is 1. The molecule has 0 radical (unpaired) electrons. The molecule has 2 heterocycles. The highest BCUT2D eigenvalue weighted by atomic mass is 16.3. The molecule has 22 heavy (non-hydrogen) atoms. The van der Waals surface area contributed by atoms with Crippen LogP contribution in [-0.2, 0) is 16.6 Å². The maximum Gasteiger partial charge on any atom is 0.277 e. The lowest BCUT2D eigenvalue weighted by Gasteiger charge is -2.13. The minimum atomic E-state index is -0.434. The number of benzene rings is 1. The Bertz CT molecular complexity index is 806. The molecule has 0 unspecified atom stereocenters. The fourth-order valence-corrected chi connectivity index (χ4v) is 2.46. The number of anilines is 1. The maximum absolute atomic E-state index is 12.1. The van der Waals surface area contributed by atoms with E-state index in [1.165, 1.54) is 6.08 Å². The fraction of sp³-hybridized carbons (Fsp3) is 0.267. The number of amides is 2. The van der Waals surface area contributed by atoms with Gasteiger partial charge in [-0.15, -0.1) is 0 Å². The molecule has 1 aliphatic rings. The number of rotatable bonds is 4. The Labute approximate surface area is 126 Å². The van der Waals surface area contributed by atoms with Crippen LogP contribution in [0, 0.1) is 6.92 Å². The summed E-state index contributed by atoms with van der Waals surface area (Å²) in [5, 5.41) is 11.8. The van der Waals surface area contributed by atoms with Gasteiger partial charge in [0.05, 0.1) is 24.2 Å². The topological polar surface area (TPSA) is 87.5 Å². The summed E-state index contributed by atoms with van der Waals surface area (Å²) in [6.07, 6.45) is 1.24. The standard InChI is InChI=1S/C15H16N4O3/c1-9-16-11-7-10(3-4-13(11)18(9)2)17-12-8-14(21)19(5-6-20)15(12)22/h3-4,7-8,17,20H,5-6H2,1-2H3. The zero-order valence-corrected chi connectivity index (χ0v) is 12.3. The van der Waals surface area contributed by atoms with Crippen molar-refractivity contribution in [1.82, 2.24) is 14.5 Å². The summed E-state index contributed by atoms with van der Waals surface area (Å²) in [6, 6.07) is 5.57. The third-order valence-corrected chi connectivity index (χ3v) is 3.72. The number of hydrogen-bond acceptors (Lipinski definition) is 5. The fourth-order valence-electron chi connectivity index (χ4n) is 2.46. The smallest absolute Gasteiger partial charge is 0.277 e. The van der Waals surface area contributed by atoms with Crippen molar-refractivity contribution >= 4 is 28.5 Å². The van der Waals surface area contributed by atoms with Crippen molar-refractivity contribution in [2.75, 3.05) is 18.5 Å². The number of nitrogens with one attached hydrogen (secondary N) is 1. The number of carbonyl (C=O) groups is 2. The lowest BCUT2D eigenvalue weighted by Crippen LogP contribution is -2.34. The number of imidazole rings is 1. The second-order valence-corrected chi connectivity index (χ2v) is 5.12. The minimum absolute atomic E-state index is 0.00217. The van der Waals surface area contributed by atoms with Gasteiger partial charge in [0.1, 0.15) is 11.5 Å². The van der Waals surface area contributed by atoms with Crippen LogP contribution in [0.25, 0.3) is 11.0 Å². The van der Waals surface area contributed by atoms with Crippen LogP contribution in [0.5, 0.6) is 0 Å². The molecule has 3 rings (SSSR count). The molecule has 2 aromatic rings. The largest absolute Gasteiger partial charge is 0.395 e. The third-order valence-electron chi connectivity index (χ3n) is 3.72. The van der Waals surface area contributed by atoms with Gasteiger partial charge in [-0.3, -0.25) is 14.5 Å². The van der Waals surface area contributed by atoms with Crippen molar-refractivity contribution < 1.29 is 14.7 Å². The van der Waals surface area contributed by atoms with E-state index in [1.54, 1.807) is 0 Å². The molecule has 2 N–H and O–H groups in total. The Kier molecular flexibility index (Phi) is 3.42. The van der Waals surface area contributed by atoms with Crippen LogP contribution in [0.1, 0.15) is 5.82 Å². The van der Waals surface area contributed by atoms with Gasteiger partial charge in [-0.05, 0) is 25.1 Å².